The predicted molar refractivity (Wildman–Crippen MR) is 153 cm³/mol. The van der Waals surface area contributed by atoms with Crippen LogP contribution in [0.5, 0.6) is 5.75 Å². The molecule has 0 fully saturated rings. The lowest BCUT2D eigenvalue weighted by atomic mass is 10.00. The summed E-state index contributed by atoms with van der Waals surface area (Å²) in [5.74, 6) is -0.474. The number of phenolic OH excluding ortho intramolecular Hbond substituents is 1. The van der Waals surface area contributed by atoms with E-state index in [0.717, 1.165) is 22.2 Å². The van der Waals surface area contributed by atoms with Gasteiger partial charge in [0.1, 0.15) is 5.75 Å². The molecule has 0 saturated heterocycles. The molecule has 1 amide bonds. The molecule has 0 spiro atoms. The number of hydrogen-bond donors (Lipinski definition) is 3. The Kier molecular flexibility index (Phi) is 9.34. The van der Waals surface area contributed by atoms with Gasteiger partial charge in [0.05, 0.1) is 32.8 Å². The number of carbonyl (C=O) groups is 1. The first kappa shape index (κ1) is 28.7. The highest BCUT2D eigenvalue weighted by Gasteiger charge is 2.32. The van der Waals surface area contributed by atoms with Gasteiger partial charge in [-0.1, -0.05) is 56.7 Å². The SMILES string of the molecule is CC[C@@H](C)CN(C[C@@H](O)[C@H](Cc1ccccc1)NC(=O)c1cccc(O)c1)S(=O)(=O)c1ccc2ncsc2c1. The molecule has 0 bridgehead atoms. The van der Waals surface area contributed by atoms with Crippen LogP contribution >= 0.6 is 11.3 Å². The zero-order chi connectivity index (χ0) is 28.0. The minimum absolute atomic E-state index is 0.0495. The molecule has 3 aromatic carbocycles. The molecule has 39 heavy (non-hydrogen) atoms. The molecule has 0 aliphatic heterocycles. The number of aromatic hydroxyl groups is 1. The first-order valence-electron chi connectivity index (χ1n) is 12.8. The third kappa shape index (κ3) is 7.21. The maximum atomic E-state index is 13.8. The fourth-order valence-electron chi connectivity index (χ4n) is 4.28. The summed E-state index contributed by atoms with van der Waals surface area (Å²) in [5.41, 5.74) is 3.52. The molecule has 0 unspecified atom stereocenters. The fourth-order valence-corrected chi connectivity index (χ4v) is 6.67. The lowest BCUT2D eigenvalue weighted by Crippen LogP contribution is -2.51. The number of aliphatic hydroxyl groups excluding tert-OH is 1. The van der Waals surface area contributed by atoms with Gasteiger partial charge in [-0.05, 0) is 54.3 Å². The number of benzene rings is 3. The monoisotopic (exact) mass is 567 g/mol. The van der Waals surface area contributed by atoms with Crippen molar-refractivity contribution in [3.05, 3.63) is 89.4 Å². The Morgan fingerprint density at radius 2 is 1.82 bits per heavy atom. The quantitative estimate of drug-likeness (QED) is 0.233. The molecule has 1 aromatic heterocycles. The fraction of sp³-hybridized carbons (Fsp3) is 0.310. The number of aliphatic hydroxyl groups is 1. The summed E-state index contributed by atoms with van der Waals surface area (Å²) in [6.45, 7) is 3.97. The highest BCUT2D eigenvalue weighted by molar-refractivity contribution is 7.89. The molecule has 0 radical (unpaired) electrons. The lowest BCUT2D eigenvalue weighted by molar-refractivity contribution is 0.0773. The van der Waals surface area contributed by atoms with E-state index in [0.29, 0.717) is 0 Å². The number of rotatable bonds is 12. The molecule has 4 rings (SSSR count). The number of carbonyl (C=O) groups excluding carboxylic acids is 1. The highest BCUT2D eigenvalue weighted by atomic mass is 32.2. The second-order valence-corrected chi connectivity index (χ2v) is 12.5. The van der Waals surface area contributed by atoms with Crippen molar-refractivity contribution in [1.29, 1.82) is 0 Å². The van der Waals surface area contributed by atoms with E-state index < -0.39 is 28.1 Å². The van der Waals surface area contributed by atoms with E-state index in [1.165, 1.54) is 27.8 Å². The Bertz CT molecular complexity index is 1510. The zero-order valence-corrected chi connectivity index (χ0v) is 23.5. The summed E-state index contributed by atoms with van der Waals surface area (Å²) in [6.07, 6.45) is -0.161. The molecule has 0 aliphatic carbocycles. The van der Waals surface area contributed by atoms with Crippen LogP contribution in [-0.4, -0.2) is 59.1 Å². The number of phenols is 1. The van der Waals surface area contributed by atoms with Crippen LogP contribution in [0.15, 0.2) is 83.2 Å². The van der Waals surface area contributed by atoms with Crippen molar-refractivity contribution in [3.8, 4) is 5.75 Å². The van der Waals surface area contributed by atoms with E-state index in [2.05, 4.69) is 10.3 Å². The van der Waals surface area contributed by atoms with E-state index in [-0.39, 0.29) is 41.6 Å². The van der Waals surface area contributed by atoms with Crippen LogP contribution in [0.1, 0.15) is 36.2 Å². The van der Waals surface area contributed by atoms with Crippen molar-refractivity contribution in [3.63, 3.8) is 0 Å². The number of nitrogens with zero attached hydrogens (tertiary/aromatic N) is 2. The maximum Gasteiger partial charge on any atom is 0.251 e. The summed E-state index contributed by atoms with van der Waals surface area (Å²) >= 11 is 1.36. The van der Waals surface area contributed by atoms with Gasteiger partial charge >= 0.3 is 0 Å². The number of nitrogens with one attached hydrogen (secondary N) is 1. The summed E-state index contributed by atoms with van der Waals surface area (Å²) in [7, 11) is -3.96. The molecule has 3 atom stereocenters. The van der Waals surface area contributed by atoms with Crippen LogP contribution in [0.4, 0.5) is 0 Å². The van der Waals surface area contributed by atoms with Crippen molar-refractivity contribution in [2.24, 2.45) is 5.92 Å². The van der Waals surface area contributed by atoms with E-state index in [9.17, 15) is 23.4 Å². The number of hydrogen-bond acceptors (Lipinski definition) is 7. The number of aromatic nitrogens is 1. The summed E-state index contributed by atoms with van der Waals surface area (Å²) in [4.78, 5) is 17.4. The van der Waals surface area contributed by atoms with E-state index in [1.807, 2.05) is 44.2 Å². The van der Waals surface area contributed by atoms with Gasteiger partial charge in [-0.15, -0.1) is 11.3 Å². The molecule has 0 saturated carbocycles. The average molecular weight is 568 g/mol. The number of thiazole rings is 1. The van der Waals surface area contributed by atoms with Crippen molar-refractivity contribution in [1.82, 2.24) is 14.6 Å². The van der Waals surface area contributed by atoms with Crippen molar-refractivity contribution < 1.29 is 23.4 Å². The molecule has 0 aliphatic rings. The average Bonchev–Trinajstić information content (AvgIpc) is 3.41. The van der Waals surface area contributed by atoms with Crippen LogP contribution in [0.2, 0.25) is 0 Å². The van der Waals surface area contributed by atoms with Crippen LogP contribution in [0.3, 0.4) is 0 Å². The van der Waals surface area contributed by atoms with Crippen LogP contribution in [0.25, 0.3) is 10.2 Å². The summed E-state index contributed by atoms with van der Waals surface area (Å²) in [5, 5.41) is 24.1. The van der Waals surface area contributed by atoms with Gasteiger partial charge in [0.2, 0.25) is 10.0 Å². The topological polar surface area (TPSA) is 120 Å². The first-order valence-corrected chi connectivity index (χ1v) is 15.1. The Morgan fingerprint density at radius 3 is 2.54 bits per heavy atom. The maximum absolute atomic E-state index is 13.8. The molecule has 1 heterocycles. The van der Waals surface area contributed by atoms with Gasteiger partial charge in [0, 0.05) is 18.7 Å². The molecular weight excluding hydrogens is 534 g/mol. The van der Waals surface area contributed by atoms with Gasteiger partial charge in [-0.25, -0.2) is 13.4 Å². The Morgan fingerprint density at radius 1 is 1.05 bits per heavy atom. The Hall–Kier alpha value is -3.31. The summed E-state index contributed by atoms with van der Waals surface area (Å²) in [6, 6.07) is 19.4. The van der Waals surface area contributed by atoms with Crippen LogP contribution in [0, 0.1) is 5.92 Å². The normalized spacial score (nSPS) is 14.3. The van der Waals surface area contributed by atoms with Crippen molar-refractivity contribution in [2.75, 3.05) is 13.1 Å². The smallest absolute Gasteiger partial charge is 0.251 e. The molecular formula is C29H33N3O5S2. The first-order chi connectivity index (χ1) is 18.7. The minimum atomic E-state index is -3.96. The standard InChI is InChI=1S/C29H33N3O5S2/c1-3-20(2)17-32(39(36,37)24-12-13-25-28(16-24)38-19-30-25)18-27(34)26(14-21-8-5-4-6-9-21)31-29(35)22-10-7-11-23(33)15-22/h4-13,15-16,19-20,26-27,33-34H,3,14,17-18H2,1-2H3,(H,31,35)/t20-,26+,27-/m1/s1. The third-order valence-corrected chi connectivity index (χ3v) is 9.35. The van der Waals surface area contributed by atoms with Crippen molar-refractivity contribution >= 4 is 37.5 Å². The highest BCUT2D eigenvalue weighted by Crippen LogP contribution is 2.25. The van der Waals surface area contributed by atoms with Gasteiger partial charge in [-0.3, -0.25) is 4.79 Å². The van der Waals surface area contributed by atoms with Gasteiger partial charge in [0.25, 0.3) is 5.91 Å². The molecule has 3 N–H and O–H groups in total. The van der Waals surface area contributed by atoms with Gasteiger partial charge < -0.3 is 15.5 Å². The van der Waals surface area contributed by atoms with Gasteiger partial charge in [0.15, 0.2) is 0 Å². The largest absolute Gasteiger partial charge is 0.508 e. The van der Waals surface area contributed by atoms with E-state index in [4.69, 9.17) is 0 Å². The van der Waals surface area contributed by atoms with Crippen LogP contribution in [-0.2, 0) is 16.4 Å². The van der Waals surface area contributed by atoms with Gasteiger partial charge in [-0.2, -0.15) is 4.31 Å². The number of amides is 1. The number of sulfonamides is 1. The molecule has 206 valence electrons. The van der Waals surface area contributed by atoms with Crippen LogP contribution < -0.4 is 5.32 Å². The lowest BCUT2D eigenvalue weighted by Gasteiger charge is -2.31. The Labute approximate surface area is 233 Å². The van der Waals surface area contributed by atoms with Crippen molar-refractivity contribution in [2.45, 2.75) is 43.7 Å². The number of fused-ring (bicyclic) bond motifs is 1. The zero-order valence-electron chi connectivity index (χ0n) is 21.9. The molecule has 8 nitrogen and oxygen atoms in total. The molecule has 4 aromatic rings. The molecule has 10 heteroatoms. The second-order valence-electron chi connectivity index (χ2n) is 9.70. The van der Waals surface area contributed by atoms with E-state index >= 15 is 0 Å². The second kappa shape index (κ2) is 12.7. The Balaban J connectivity index is 1.63. The third-order valence-electron chi connectivity index (χ3n) is 6.73. The minimum Gasteiger partial charge on any atom is -0.508 e. The predicted octanol–water partition coefficient (Wildman–Crippen LogP) is 4.44. The van der Waals surface area contributed by atoms with E-state index in [1.54, 1.807) is 35.8 Å². The summed E-state index contributed by atoms with van der Waals surface area (Å²) < 4.78 is 29.7.